The van der Waals surface area contributed by atoms with Crippen LogP contribution >= 0.6 is 0 Å². The molecular formula is C12H20N4O2. The molecule has 6 heteroatoms. The van der Waals surface area contributed by atoms with Crippen molar-refractivity contribution in [1.29, 1.82) is 0 Å². The van der Waals surface area contributed by atoms with Crippen molar-refractivity contribution in [3.8, 4) is 0 Å². The van der Waals surface area contributed by atoms with E-state index in [1.807, 2.05) is 0 Å². The van der Waals surface area contributed by atoms with Crippen LogP contribution in [0.15, 0.2) is 6.33 Å². The van der Waals surface area contributed by atoms with Gasteiger partial charge in [-0.2, -0.15) is 0 Å². The molecule has 1 aromatic rings. The van der Waals surface area contributed by atoms with Gasteiger partial charge in [0.2, 0.25) is 0 Å². The Morgan fingerprint density at radius 2 is 2.22 bits per heavy atom. The number of nitrogens with zero attached hydrogens (tertiary/aromatic N) is 4. The lowest BCUT2D eigenvalue weighted by Crippen LogP contribution is -2.35. The van der Waals surface area contributed by atoms with E-state index in [1.165, 1.54) is 39.2 Å². The SMILES string of the molecule is COC(=O)c1ncn(CN(C)C2CCCCC2)n1. The lowest BCUT2D eigenvalue weighted by Gasteiger charge is -2.30. The highest BCUT2D eigenvalue weighted by molar-refractivity contribution is 5.84. The molecule has 0 N–H and O–H groups in total. The van der Waals surface area contributed by atoms with E-state index in [4.69, 9.17) is 0 Å². The third-order valence-corrected chi connectivity index (χ3v) is 3.47. The summed E-state index contributed by atoms with van der Waals surface area (Å²) in [6.07, 6.45) is 8.02. The molecule has 1 aromatic heterocycles. The van der Waals surface area contributed by atoms with Gasteiger partial charge in [0.05, 0.1) is 13.8 Å². The summed E-state index contributed by atoms with van der Waals surface area (Å²) in [6, 6.07) is 0.615. The average Bonchev–Trinajstić information content (AvgIpc) is 2.87. The number of rotatable bonds is 4. The van der Waals surface area contributed by atoms with Crippen LogP contribution < -0.4 is 0 Å². The molecule has 0 radical (unpaired) electrons. The van der Waals surface area contributed by atoms with Gasteiger partial charge in [-0.3, -0.25) is 4.90 Å². The van der Waals surface area contributed by atoms with Gasteiger partial charge in [-0.25, -0.2) is 14.5 Å². The Bertz CT molecular complexity index is 399. The van der Waals surface area contributed by atoms with Crippen LogP contribution in [-0.2, 0) is 11.4 Å². The van der Waals surface area contributed by atoms with Gasteiger partial charge in [-0.05, 0) is 19.9 Å². The van der Waals surface area contributed by atoms with E-state index in [0.717, 1.165) is 0 Å². The minimum Gasteiger partial charge on any atom is -0.463 e. The largest absolute Gasteiger partial charge is 0.463 e. The first kappa shape index (κ1) is 13.0. The number of aromatic nitrogens is 3. The first-order valence-corrected chi connectivity index (χ1v) is 6.38. The molecule has 0 unspecified atom stereocenters. The molecule has 0 bridgehead atoms. The van der Waals surface area contributed by atoms with Crippen LogP contribution in [-0.4, -0.2) is 45.8 Å². The summed E-state index contributed by atoms with van der Waals surface area (Å²) in [5.74, 6) is -0.372. The maximum Gasteiger partial charge on any atom is 0.377 e. The fourth-order valence-corrected chi connectivity index (χ4v) is 2.41. The molecule has 1 heterocycles. The van der Waals surface area contributed by atoms with Crippen LogP contribution in [0.5, 0.6) is 0 Å². The van der Waals surface area contributed by atoms with Gasteiger partial charge in [-0.15, -0.1) is 5.10 Å². The molecular weight excluding hydrogens is 232 g/mol. The Kier molecular flexibility index (Phi) is 4.30. The van der Waals surface area contributed by atoms with Gasteiger partial charge in [0, 0.05) is 6.04 Å². The van der Waals surface area contributed by atoms with E-state index in [0.29, 0.717) is 12.7 Å². The molecule has 6 nitrogen and oxygen atoms in total. The second-order valence-corrected chi connectivity index (χ2v) is 4.79. The van der Waals surface area contributed by atoms with E-state index in [9.17, 15) is 4.79 Å². The lowest BCUT2D eigenvalue weighted by atomic mass is 9.95. The Labute approximate surface area is 107 Å². The van der Waals surface area contributed by atoms with Crippen LogP contribution in [0, 0.1) is 0 Å². The molecule has 18 heavy (non-hydrogen) atoms. The fourth-order valence-electron chi connectivity index (χ4n) is 2.41. The molecule has 1 saturated carbocycles. The summed E-state index contributed by atoms with van der Waals surface area (Å²) in [5.41, 5.74) is 0. The lowest BCUT2D eigenvalue weighted by molar-refractivity contribution is 0.0585. The molecule has 0 spiro atoms. The molecule has 100 valence electrons. The van der Waals surface area contributed by atoms with Crippen LogP contribution in [0.2, 0.25) is 0 Å². The monoisotopic (exact) mass is 252 g/mol. The molecule has 0 amide bonds. The van der Waals surface area contributed by atoms with Crippen molar-refractivity contribution in [2.45, 2.75) is 44.8 Å². The van der Waals surface area contributed by atoms with Gasteiger partial charge < -0.3 is 4.74 Å². The highest BCUT2D eigenvalue weighted by Gasteiger charge is 2.19. The fraction of sp³-hybridized carbons (Fsp3) is 0.750. The topological polar surface area (TPSA) is 60.2 Å². The summed E-state index contributed by atoms with van der Waals surface area (Å²) in [7, 11) is 3.42. The zero-order valence-electron chi connectivity index (χ0n) is 11.0. The smallest absolute Gasteiger partial charge is 0.377 e. The third kappa shape index (κ3) is 3.07. The summed E-state index contributed by atoms with van der Waals surface area (Å²) < 4.78 is 6.26. The minimum absolute atomic E-state index is 0.120. The first-order valence-electron chi connectivity index (χ1n) is 6.38. The number of esters is 1. The number of hydrogen-bond acceptors (Lipinski definition) is 5. The Balaban J connectivity index is 1.92. The molecule has 1 aliphatic rings. The summed E-state index contributed by atoms with van der Waals surface area (Å²) in [5, 5.41) is 4.11. The van der Waals surface area contributed by atoms with Gasteiger partial charge in [-0.1, -0.05) is 19.3 Å². The molecule has 0 aromatic carbocycles. The van der Waals surface area contributed by atoms with Crippen LogP contribution in [0.25, 0.3) is 0 Å². The average molecular weight is 252 g/mol. The quantitative estimate of drug-likeness (QED) is 0.756. The predicted molar refractivity (Wildman–Crippen MR) is 66.0 cm³/mol. The highest BCUT2D eigenvalue weighted by Crippen LogP contribution is 2.21. The number of methoxy groups -OCH3 is 1. The summed E-state index contributed by atoms with van der Waals surface area (Å²) in [4.78, 5) is 17.4. The van der Waals surface area contributed by atoms with Crippen LogP contribution in [0.4, 0.5) is 0 Å². The number of carbonyl (C=O) groups excluding carboxylic acids is 1. The van der Waals surface area contributed by atoms with Crippen molar-refractivity contribution < 1.29 is 9.53 Å². The zero-order valence-corrected chi connectivity index (χ0v) is 11.0. The van der Waals surface area contributed by atoms with E-state index in [2.05, 4.69) is 26.8 Å². The molecule has 1 aliphatic carbocycles. The van der Waals surface area contributed by atoms with Gasteiger partial charge in [0.25, 0.3) is 5.82 Å². The maximum atomic E-state index is 11.2. The molecule has 2 rings (SSSR count). The second kappa shape index (κ2) is 5.95. The Morgan fingerprint density at radius 1 is 1.50 bits per heavy atom. The number of hydrogen-bond donors (Lipinski definition) is 0. The third-order valence-electron chi connectivity index (χ3n) is 3.47. The van der Waals surface area contributed by atoms with E-state index >= 15 is 0 Å². The van der Waals surface area contributed by atoms with E-state index in [-0.39, 0.29) is 5.82 Å². The zero-order chi connectivity index (χ0) is 13.0. The standard InChI is InChI=1S/C12H20N4O2/c1-15(10-6-4-3-5-7-10)9-16-8-13-11(14-16)12(17)18-2/h8,10H,3-7,9H2,1-2H3. The second-order valence-electron chi connectivity index (χ2n) is 4.79. The highest BCUT2D eigenvalue weighted by atomic mass is 16.5. The molecule has 1 fully saturated rings. The number of carbonyl (C=O) groups is 1. The van der Waals surface area contributed by atoms with Crippen LogP contribution in [0.1, 0.15) is 42.7 Å². The van der Waals surface area contributed by atoms with Gasteiger partial charge in [0.15, 0.2) is 0 Å². The Hall–Kier alpha value is -1.43. The van der Waals surface area contributed by atoms with E-state index < -0.39 is 5.97 Å². The van der Waals surface area contributed by atoms with Gasteiger partial charge in [0.1, 0.15) is 6.33 Å². The van der Waals surface area contributed by atoms with Crippen molar-refractivity contribution in [3.05, 3.63) is 12.2 Å². The predicted octanol–water partition coefficient (Wildman–Crippen LogP) is 1.29. The normalized spacial score (nSPS) is 17.1. The minimum atomic E-state index is -0.492. The Morgan fingerprint density at radius 3 is 2.89 bits per heavy atom. The van der Waals surface area contributed by atoms with Crippen LogP contribution in [0.3, 0.4) is 0 Å². The summed E-state index contributed by atoms with van der Waals surface area (Å²) >= 11 is 0. The van der Waals surface area contributed by atoms with E-state index in [1.54, 1.807) is 11.0 Å². The number of ether oxygens (including phenoxy) is 1. The van der Waals surface area contributed by atoms with Crippen molar-refractivity contribution in [1.82, 2.24) is 19.7 Å². The molecule has 0 atom stereocenters. The van der Waals surface area contributed by atoms with Crippen molar-refractivity contribution in [3.63, 3.8) is 0 Å². The van der Waals surface area contributed by atoms with Gasteiger partial charge >= 0.3 is 5.97 Å². The molecule has 0 saturated heterocycles. The maximum absolute atomic E-state index is 11.2. The first-order chi connectivity index (χ1) is 8.70. The molecule has 0 aliphatic heterocycles. The van der Waals surface area contributed by atoms with Crippen molar-refractivity contribution >= 4 is 5.97 Å². The summed E-state index contributed by atoms with van der Waals surface area (Å²) in [6.45, 7) is 0.661. The van der Waals surface area contributed by atoms with Crippen molar-refractivity contribution in [2.24, 2.45) is 0 Å². The van der Waals surface area contributed by atoms with Crippen molar-refractivity contribution in [2.75, 3.05) is 14.2 Å².